The van der Waals surface area contributed by atoms with E-state index in [1.165, 1.54) is 0 Å². The Kier molecular flexibility index (Phi) is 4.55. The fraction of sp³-hybridized carbons (Fsp3) is 0. The minimum absolute atomic E-state index is 0. The topological polar surface area (TPSA) is 20.2 Å². The summed E-state index contributed by atoms with van der Waals surface area (Å²) in [4.78, 5) is 0. The molecule has 1 atom stereocenters. The maximum absolute atomic E-state index is 9.75. The number of phenolic OH excluding ortho intramolecular Hbond substituents is 1. The lowest BCUT2D eigenvalue weighted by atomic mass is 9.94. The maximum atomic E-state index is 9.75. The SMILES string of the molecule is Oc1ccc(-c2ccccc2)c(-c2ccccc2)c1.P. The average molecular weight is 280 g/mol. The summed E-state index contributed by atoms with van der Waals surface area (Å²) in [6.07, 6.45) is 0. The van der Waals surface area contributed by atoms with Gasteiger partial charge in [0, 0.05) is 0 Å². The highest BCUT2D eigenvalue weighted by Gasteiger charge is 2.07. The van der Waals surface area contributed by atoms with E-state index in [-0.39, 0.29) is 9.90 Å². The Balaban J connectivity index is 0.00000147. The summed E-state index contributed by atoms with van der Waals surface area (Å²) >= 11 is 0. The molecule has 0 radical (unpaired) electrons. The van der Waals surface area contributed by atoms with Crippen molar-refractivity contribution >= 4 is 9.90 Å². The van der Waals surface area contributed by atoms with E-state index in [4.69, 9.17) is 0 Å². The second-order valence-electron chi connectivity index (χ2n) is 4.46. The highest BCUT2D eigenvalue weighted by atomic mass is 31.0. The quantitative estimate of drug-likeness (QED) is 0.669. The van der Waals surface area contributed by atoms with Crippen LogP contribution in [0.5, 0.6) is 5.75 Å². The summed E-state index contributed by atoms with van der Waals surface area (Å²) in [5, 5.41) is 9.75. The second kappa shape index (κ2) is 6.36. The molecule has 0 aliphatic rings. The average Bonchev–Trinajstić information content (AvgIpc) is 2.49. The van der Waals surface area contributed by atoms with E-state index in [9.17, 15) is 5.11 Å². The highest BCUT2D eigenvalue weighted by Crippen LogP contribution is 2.34. The van der Waals surface area contributed by atoms with E-state index in [2.05, 4.69) is 24.3 Å². The molecule has 0 saturated heterocycles. The summed E-state index contributed by atoms with van der Waals surface area (Å²) in [6.45, 7) is 0. The van der Waals surface area contributed by atoms with Crippen molar-refractivity contribution in [1.82, 2.24) is 0 Å². The molecule has 0 aliphatic heterocycles. The summed E-state index contributed by atoms with van der Waals surface area (Å²) in [5.74, 6) is 0.290. The molecule has 0 aliphatic carbocycles. The van der Waals surface area contributed by atoms with Crippen LogP contribution in [0.25, 0.3) is 22.3 Å². The number of benzene rings is 3. The molecule has 3 aromatic rings. The molecular weight excluding hydrogens is 263 g/mol. The normalized spacial score (nSPS) is 9.80. The Morgan fingerprint density at radius 3 is 1.60 bits per heavy atom. The van der Waals surface area contributed by atoms with E-state index in [0.717, 1.165) is 22.3 Å². The minimum Gasteiger partial charge on any atom is -0.508 e. The number of rotatable bonds is 2. The summed E-state index contributed by atoms with van der Waals surface area (Å²) in [6, 6.07) is 25.9. The van der Waals surface area contributed by atoms with Crippen LogP contribution >= 0.6 is 9.90 Å². The molecule has 100 valence electrons. The lowest BCUT2D eigenvalue weighted by Crippen LogP contribution is -1.84. The van der Waals surface area contributed by atoms with Crippen molar-refractivity contribution in [3.8, 4) is 28.0 Å². The van der Waals surface area contributed by atoms with Crippen molar-refractivity contribution in [1.29, 1.82) is 0 Å². The van der Waals surface area contributed by atoms with E-state index in [1.54, 1.807) is 6.07 Å². The lowest BCUT2D eigenvalue weighted by molar-refractivity contribution is 0.475. The van der Waals surface area contributed by atoms with Crippen molar-refractivity contribution in [3.63, 3.8) is 0 Å². The van der Waals surface area contributed by atoms with Crippen molar-refractivity contribution in [2.75, 3.05) is 0 Å². The Morgan fingerprint density at radius 1 is 0.550 bits per heavy atom. The van der Waals surface area contributed by atoms with Crippen LogP contribution in [0.2, 0.25) is 0 Å². The first-order valence-corrected chi connectivity index (χ1v) is 6.28. The van der Waals surface area contributed by atoms with Gasteiger partial charge in [0.05, 0.1) is 0 Å². The van der Waals surface area contributed by atoms with Crippen LogP contribution in [0.3, 0.4) is 0 Å². The molecule has 1 unspecified atom stereocenters. The largest absolute Gasteiger partial charge is 0.508 e. The first-order chi connectivity index (χ1) is 9.34. The third kappa shape index (κ3) is 2.89. The van der Waals surface area contributed by atoms with E-state index >= 15 is 0 Å². The van der Waals surface area contributed by atoms with Crippen LogP contribution in [0.4, 0.5) is 0 Å². The van der Waals surface area contributed by atoms with Crippen molar-refractivity contribution < 1.29 is 5.11 Å². The van der Waals surface area contributed by atoms with E-state index < -0.39 is 0 Å². The zero-order valence-corrected chi connectivity index (χ0v) is 12.6. The number of hydrogen-bond donors (Lipinski definition) is 1. The minimum atomic E-state index is 0. The molecule has 0 heterocycles. The molecule has 1 nitrogen and oxygen atoms in total. The van der Waals surface area contributed by atoms with Gasteiger partial charge in [-0.2, -0.15) is 9.90 Å². The van der Waals surface area contributed by atoms with Gasteiger partial charge in [-0.1, -0.05) is 66.7 Å². The van der Waals surface area contributed by atoms with Crippen LogP contribution < -0.4 is 0 Å². The van der Waals surface area contributed by atoms with Crippen LogP contribution in [-0.2, 0) is 0 Å². The summed E-state index contributed by atoms with van der Waals surface area (Å²) < 4.78 is 0. The van der Waals surface area contributed by atoms with Gasteiger partial charge < -0.3 is 5.11 Å². The molecule has 3 aromatic carbocycles. The van der Waals surface area contributed by atoms with Gasteiger partial charge in [-0.15, -0.1) is 0 Å². The standard InChI is InChI=1S/C18H14O.H3P/c19-16-11-12-17(14-7-3-1-4-8-14)18(13-16)15-9-5-2-6-10-15;/h1-13,19H;1H3. The molecule has 0 aromatic heterocycles. The monoisotopic (exact) mass is 280 g/mol. The maximum Gasteiger partial charge on any atom is 0.116 e. The number of hydrogen-bond acceptors (Lipinski definition) is 1. The van der Waals surface area contributed by atoms with Gasteiger partial charge in [0.25, 0.3) is 0 Å². The molecule has 2 heteroatoms. The summed E-state index contributed by atoms with van der Waals surface area (Å²) in [7, 11) is 0. The van der Waals surface area contributed by atoms with Gasteiger partial charge in [0.15, 0.2) is 0 Å². The fourth-order valence-corrected chi connectivity index (χ4v) is 2.26. The zero-order chi connectivity index (χ0) is 13.1. The van der Waals surface area contributed by atoms with Crippen LogP contribution in [-0.4, -0.2) is 5.11 Å². The molecule has 0 fully saturated rings. The third-order valence-corrected chi connectivity index (χ3v) is 3.17. The van der Waals surface area contributed by atoms with Crippen molar-refractivity contribution in [2.45, 2.75) is 0 Å². The van der Waals surface area contributed by atoms with Gasteiger partial charge in [-0.3, -0.25) is 0 Å². The molecular formula is C18H17OP. The highest BCUT2D eigenvalue weighted by molar-refractivity contribution is 6.92. The smallest absolute Gasteiger partial charge is 0.116 e. The predicted molar refractivity (Wildman–Crippen MR) is 90.1 cm³/mol. The lowest BCUT2D eigenvalue weighted by Gasteiger charge is -2.10. The molecule has 20 heavy (non-hydrogen) atoms. The predicted octanol–water partition coefficient (Wildman–Crippen LogP) is 4.78. The van der Waals surface area contributed by atoms with Gasteiger partial charge in [0.1, 0.15) is 5.75 Å². The van der Waals surface area contributed by atoms with Crippen molar-refractivity contribution in [2.24, 2.45) is 0 Å². The first-order valence-electron chi connectivity index (χ1n) is 6.28. The second-order valence-corrected chi connectivity index (χ2v) is 4.46. The molecule has 0 saturated carbocycles. The fourth-order valence-electron chi connectivity index (χ4n) is 2.26. The Hall–Kier alpha value is -2.11. The van der Waals surface area contributed by atoms with Crippen molar-refractivity contribution in [3.05, 3.63) is 78.9 Å². The van der Waals surface area contributed by atoms with Gasteiger partial charge in [-0.05, 0) is 34.4 Å². The van der Waals surface area contributed by atoms with Crippen LogP contribution in [0.15, 0.2) is 78.9 Å². The molecule has 0 amide bonds. The number of phenols is 1. The van der Waals surface area contributed by atoms with Gasteiger partial charge >= 0.3 is 0 Å². The van der Waals surface area contributed by atoms with Gasteiger partial charge in [0.2, 0.25) is 0 Å². The molecule has 0 bridgehead atoms. The molecule has 0 spiro atoms. The van der Waals surface area contributed by atoms with Gasteiger partial charge in [-0.25, -0.2) is 0 Å². The Labute approximate surface area is 122 Å². The Bertz CT molecular complexity index is 678. The van der Waals surface area contributed by atoms with Crippen LogP contribution in [0.1, 0.15) is 0 Å². The summed E-state index contributed by atoms with van der Waals surface area (Å²) in [5.41, 5.74) is 4.44. The van der Waals surface area contributed by atoms with Crippen LogP contribution in [0, 0.1) is 0 Å². The molecule has 3 rings (SSSR count). The third-order valence-electron chi connectivity index (χ3n) is 3.17. The first kappa shape index (κ1) is 14.3. The number of aromatic hydroxyl groups is 1. The molecule has 1 N–H and O–H groups in total. The van der Waals surface area contributed by atoms with E-state index in [1.807, 2.05) is 48.5 Å². The Morgan fingerprint density at radius 2 is 1.05 bits per heavy atom. The van der Waals surface area contributed by atoms with E-state index in [0.29, 0.717) is 5.75 Å². The zero-order valence-electron chi connectivity index (χ0n) is 11.2.